The van der Waals surface area contributed by atoms with E-state index < -0.39 is 15.9 Å². The summed E-state index contributed by atoms with van der Waals surface area (Å²) in [5.74, 6) is 0.561. The zero-order valence-corrected chi connectivity index (χ0v) is 23.6. The van der Waals surface area contributed by atoms with E-state index in [-0.39, 0.29) is 11.4 Å². The van der Waals surface area contributed by atoms with E-state index in [4.69, 9.17) is 11.6 Å². The van der Waals surface area contributed by atoms with Gasteiger partial charge in [-0.15, -0.1) is 11.8 Å². The maximum absolute atomic E-state index is 13.6. The molecule has 0 saturated carbocycles. The lowest BCUT2D eigenvalue weighted by Crippen LogP contribution is -2.38. The van der Waals surface area contributed by atoms with Crippen molar-refractivity contribution in [3.63, 3.8) is 0 Å². The van der Waals surface area contributed by atoms with Crippen LogP contribution in [0.2, 0.25) is 5.02 Å². The van der Waals surface area contributed by atoms with Gasteiger partial charge in [-0.3, -0.25) is 9.10 Å². The van der Waals surface area contributed by atoms with Crippen LogP contribution in [0.5, 0.6) is 0 Å². The van der Waals surface area contributed by atoms with Crippen molar-refractivity contribution >= 4 is 50.7 Å². The fourth-order valence-corrected chi connectivity index (χ4v) is 6.35. The van der Waals surface area contributed by atoms with Crippen LogP contribution in [0.25, 0.3) is 0 Å². The Morgan fingerprint density at radius 2 is 1.50 bits per heavy atom. The molecule has 0 heterocycles. The number of amides is 1. The van der Waals surface area contributed by atoms with E-state index in [1.165, 1.54) is 12.1 Å². The first-order valence-electron chi connectivity index (χ1n) is 12.2. The van der Waals surface area contributed by atoms with Crippen LogP contribution in [-0.2, 0) is 20.6 Å². The summed E-state index contributed by atoms with van der Waals surface area (Å²) < 4.78 is 28.4. The van der Waals surface area contributed by atoms with Gasteiger partial charge in [0.15, 0.2) is 0 Å². The average Bonchev–Trinajstić information content (AvgIpc) is 2.92. The van der Waals surface area contributed by atoms with Gasteiger partial charge in [0.2, 0.25) is 5.91 Å². The molecule has 0 fully saturated rings. The van der Waals surface area contributed by atoms with Crippen molar-refractivity contribution in [1.29, 1.82) is 0 Å². The number of nitrogens with one attached hydrogen (secondary N) is 1. The monoisotopic (exact) mass is 564 g/mol. The zero-order valence-electron chi connectivity index (χ0n) is 21.2. The van der Waals surface area contributed by atoms with Crippen LogP contribution in [-0.4, -0.2) is 20.9 Å². The molecule has 0 atom stereocenters. The third kappa shape index (κ3) is 6.98. The molecule has 196 valence electrons. The van der Waals surface area contributed by atoms with Crippen LogP contribution in [0.15, 0.2) is 113 Å². The molecule has 0 unspecified atom stereocenters. The number of sulfonamides is 1. The second-order valence-electron chi connectivity index (χ2n) is 9.03. The van der Waals surface area contributed by atoms with Crippen molar-refractivity contribution in [1.82, 2.24) is 0 Å². The van der Waals surface area contributed by atoms with Crippen LogP contribution in [0, 0.1) is 0 Å². The summed E-state index contributed by atoms with van der Waals surface area (Å²) in [5.41, 5.74) is 3.25. The Labute approximate surface area is 233 Å². The Hall–Kier alpha value is -3.26. The first kappa shape index (κ1) is 27.8. The van der Waals surface area contributed by atoms with Gasteiger partial charge in [0.05, 0.1) is 16.3 Å². The number of anilines is 2. The predicted octanol–water partition coefficient (Wildman–Crippen LogP) is 7.59. The second kappa shape index (κ2) is 12.5. The Morgan fingerprint density at radius 3 is 2.16 bits per heavy atom. The smallest absolute Gasteiger partial charge is 0.264 e. The quantitative estimate of drug-likeness (QED) is 0.201. The molecule has 0 aromatic heterocycles. The molecular formula is C30H29ClN2O3S2. The summed E-state index contributed by atoms with van der Waals surface area (Å²) in [5, 5.41) is 3.60. The molecule has 0 aliphatic heterocycles. The molecule has 5 nitrogen and oxygen atoms in total. The average molecular weight is 565 g/mol. The summed E-state index contributed by atoms with van der Waals surface area (Å²) in [7, 11) is -3.98. The Kier molecular flexibility index (Phi) is 9.15. The first-order chi connectivity index (χ1) is 18.2. The molecule has 8 heteroatoms. The van der Waals surface area contributed by atoms with Crippen LogP contribution < -0.4 is 9.62 Å². The number of halogens is 1. The molecule has 0 aliphatic rings. The van der Waals surface area contributed by atoms with Crippen LogP contribution in [0.3, 0.4) is 0 Å². The van der Waals surface area contributed by atoms with E-state index in [0.29, 0.717) is 28.1 Å². The maximum Gasteiger partial charge on any atom is 0.264 e. The molecule has 1 amide bonds. The van der Waals surface area contributed by atoms with Crippen molar-refractivity contribution in [2.75, 3.05) is 16.2 Å². The predicted molar refractivity (Wildman–Crippen MR) is 158 cm³/mol. The maximum atomic E-state index is 13.6. The van der Waals surface area contributed by atoms with E-state index in [2.05, 4.69) is 19.2 Å². The van der Waals surface area contributed by atoms with Crippen LogP contribution in [0.4, 0.5) is 11.4 Å². The number of hydrogen-bond acceptors (Lipinski definition) is 4. The summed E-state index contributed by atoms with van der Waals surface area (Å²) in [6, 6.07) is 30.6. The van der Waals surface area contributed by atoms with Crippen molar-refractivity contribution in [3.8, 4) is 0 Å². The molecule has 4 rings (SSSR count). The SMILES string of the molecule is CC(C)c1ccc(N(CC(=O)Nc2ccccc2SCc2ccc(Cl)cc2)S(=O)(=O)c2ccccc2)cc1. The van der Waals surface area contributed by atoms with Crippen molar-refractivity contribution < 1.29 is 13.2 Å². The topological polar surface area (TPSA) is 66.5 Å². The number of carbonyl (C=O) groups is 1. The Bertz CT molecular complexity index is 1470. The van der Waals surface area contributed by atoms with Crippen LogP contribution in [0.1, 0.15) is 30.9 Å². The van der Waals surface area contributed by atoms with Gasteiger partial charge in [-0.25, -0.2) is 8.42 Å². The lowest BCUT2D eigenvalue weighted by molar-refractivity contribution is -0.114. The minimum absolute atomic E-state index is 0.125. The minimum Gasteiger partial charge on any atom is -0.323 e. The minimum atomic E-state index is -3.98. The molecule has 0 saturated heterocycles. The standard InChI is InChI=1S/C30H29ClN2O3S2/c1-22(2)24-14-18-26(19-15-24)33(38(35,36)27-8-4-3-5-9-27)20-30(34)32-28-10-6-7-11-29(28)37-21-23-12-16-25(31)17-13-23/h3-19,22H,20-21H2,1-2H3,(H,32,34). The van der Waals surface area contributed by atoms with Gasteiger partial charge in [-0.2, -0.15) is 0 Å². The van der Waals surface area contributed by atoms with E-state index in [1.54, 1.807) is 42.1 Å². The van der Waals surface area contributed by atoms with Gasteiger partial charge in [0, 0.05) is 15.7 Å². The number of thioether (sulfide) groups is 1. The molecule has 1 N–H and O–H groups in total. The molecular weight excluding hydrogens is 536 g/mol. The highest BCUT2D eigenvalue weighted by Gasteiger charge is 2.27. The van der Waals surface area contributed by atoms with Gasteiger partial charge in [-0.05, 0) is 65.6 Å². The summed E-state index contributed by atoms with van der Waals surface area (Å²) in [6.07, 6.45) is 0. The molecule has 0 bridgehead atoms. The van der Waals surface area contributed by atoms with Gasteiger partial charge in [0.1, 0.15) is 6.54 Å². The molecule has 4 aromatic carbocycles. The third-order valence-corrected chi connectivity index (χ3v) is 9.12. The normalized spacial score (nSPS) is 11.4. The number of para-hydroxylation sites is 1. The molecule has 0 radical (unpaired) electrons. The van der Waals surface area contributed by atoms with E-state index in [1.807, 2.05) is 60.7 Å². The molecule has 38 heavy (non-hydrogen) atoms. The van der Waals surface area contributed by atoms with Crippen molar-refractivity contribution in [2.45, 2.75) is 35.3 Å². The largest absolute Gasteiger partial charge is 0.323 e. The highest BCUT2D eigenvalue weighted by molar-refractivity contribution is 7.98. The second-order valence-corrected chi connectivity index (χ2v) is 12.3. The van der Waals surface area contributed by atoms with Crippen molar-refractivity contribution in [3.05, 3.63) is 119 Å². The summed E-state index contributed by atoms with van der Waals surface area (Å²) >= 11 is 7.57. The number of carbonyl (C=O) groups excluding carboxylic acids is 1. The lowest BCUT2D eigenvalue weighted by Gasteiger charge is -2.25. The fourth-order valence-electron chi connectivity index (χ4n) is 3.82. The van der Waals surface area contributed by atoms with Gasteiger partial charge < -0.3 is 5.32 Å². The lowest BCUT2D eigenvalue weighted by atomic mass is 10.0. The highest BCUT2D eigenvalue weighted by atomic mass is 35.5. The van der Waals surface area contributed by atoms with Gasteiger partial charge >= 0.3 is 0 Å². The van der Waals surface area contributed by atoms with Crippen molar-refractivity contribution in [2.24, 2.45) is 0 Å². The van der Waals surface area contributed by atoms with E-state index in [0.717, 1.165) is 20.3 Å². The highest BCUT2D eigenvalue weighted by Crippen LogP contribution is 2.31. The third-order valence-electron chi connectivity index (χ3n) is 5.93. The number of benzene rings is 4. The number of hydrogen-bond donors (Lipinski definition) is 1. The molecule has 0 spiro atoms. The number of nitrogens with zero attached hydrogens (tertiary/aromatic N) is 1. The van der Waals surface area contributed by atoms with Crippen LogP contribution >= 0.6 is 23.4 Å². The Balaban J connectivity index is 1.56. The Morgan fingerprint density at radius 1 is 0.868 bits per heavy atom. The molecule has 0 aliphatic carbocycles. The summed E-state index contributed by atoms with van der Waals surface area (Å²) in [4.78, 5) is 14.3. The fraction of sp³-hybridized carbons (Fsp3) is 0.167. The van der Waals surface area contributed by atoms with Gasteiger partial charge in [0.25, 0.3) is 10.0 Å². The van der Waals surface area contributed by atoms with Gasteiger partial charge in [-0.1, -0.05) is 80.0 Å². The molecule has 4 aromatic rings. The number of rotatable bonds is 10. The van der Waals surface area contributed by atoms with E-state index in [9.17, 15) is 13.2 Å². The van der Waals surface area contributed by atoms with E-state index >= 15 is 0 Å². The summed E-state index contributed by atoms with van der Waals surface area (Å²) in [6.45, 7) is 3.78. The first-order valence-corrected chi connectivity index (χ1v) is 15.0. The zero-order chi connectivity index (χ0) is 27.1.